The summed E-state index contributed by atoms with van der Waals surface area (Å²) in [6.45, 7) is 0.927. The average molecular weight is 567 g/mol. The summed E-state index contributed by atoms with van der Waals surface area (Å²) in [6.07, 6.45) is -9.04. The number of carbonyl (C=O) groups excluding carboxylic acids is 2. The van der Waals surface area contributed by atoms with E-state index in [1.54, 1.807) is 6.07 Å². The number of phenols is 3. The van der Waals surface area contributed by atoms with Crippen molar-refractivity contribution >= 4 is 11.8 Å². The van der Waals surface area contributed by atoms with Gasteiger partial charge in [0, 0.05) is 22.8 Å². The quantitative estimate of drug-likeness (QED) is 0.217. The second-order valence-electron chi connectivity index (χ2n) is 10.2. The van der Waals surface area contributed by atoms with Gasteiger partial charge in [0.2, 0.25) is 6.29 Å². The van der Waals surface area contributed by atoms with E-state index in [-0.39, 0.29) is 57.2 Å². The smallest absolute Gasteiger partial charge is 0.338 e. The Hall–Kier alpha value is -4.36. The maximum atomic E-state index is 13.2. The summed E-state index contributed by atoms with van der Waals surface area (Å²) in [5, 5.41) is 63.6. The van der Waals surface area contributed by atoms with Gasteiger partial charge in [-0.2, -0.15) is 0 Å². The lowest BCUT2D eigenvalue weighted by atomic mass is 9.91. The number of hydrogen-bond acceptors (Lipinski definition) is 12. The van der Waals surface area contributed by atoms with E-state index in [2.05, 4.69) is 0 Å². The molecule has 0 aromatic heterocycles. The van der Waals surface area contributed by atoms with Crippen LogP contribution in [0, 0.1) is 6.92 Å². The molecule has 3 heterocycles. The van der Waals surface area contributed by atoms with Crippen LogP contribution in [0.2, 0.25) is 0 Å². The van der Waals surface area contributed by atoms with Gasteiger partial charge in [-0.1, -0.05) is 6.07 Å². The summed E-state index contributed by atoms with van der Waals surface area (Å²) in [6, 6.07) is 9.62. The molecule has 214 valence electrons. The lowest BCUT2D eigenvalue weighted by Gasteiger charge is -2.40. The van der Waals surface area contributed by atoms with E-state index < -0.39 is 60.9 Å². The Bertz CT molecular complexity index is 1570. The number of rotatable bonds is 0. The lowest BCUT2D eigenvalue weighted by molar-refractivity contribution is -0.277. The van der Waals surface area contributed by atoms with E-state index in [1.165, 1.54) is 43.3 Å². The van der Waals surface area contributed by atoms with Crippen molar-refractivity contribution in [1.82, 2.24) is 0 Å². The van der Waals surface area contributed by atoms with Crippen molar-refractivity contribution in [2.45, 2.75) is 50.2 Å². The summed E-state index contributed by atoms with van der Waals surface area (Å²) >= 11 is 0. The Morgan fingerprint density at radius 3 is 2.27 bits per heavy atom. The number of aliphatic hydroxyl groups is 3. The number of esters is 1. The first-order valence-electron chi connectivity index (χ1n) is 12.8. The van der Waals surface area contributed by atoms with Gasteiger partial charge in [-0.15, -0.1) is 0 Å². The molecule has 12 heteroatoms. The highest BCUT2D eigenvalue weighted by Gasteiger charge is 2.46. The van der Waals surface area contributed by atoms with Crippen molar-refractivity contribution in [1.29, 1.82) is 0 Å². The zero-order valence-corrected chi connectivity index (χ0v) is 21.6. The lowest BCUT2D eigenvalue weighted by Crippen LogP contribution is -2.60. The molecule has 6 N–H and O–H groups in total. The average Bonchev–Trinajstić information content (AvgIpc) is 2.95. The maximum absolute atomic E-state index is 13.2. The second-order valence-corrected chi connectivity index (χ2v) is 10.2. The number of carbonyl (C=O) groups is 2. The summed E-state index contributed by atoms with van der Waals surface area (Å²) in [5.41, 5.74) is 0.776. The molecule has 0 amide bonds. The van der Waals surface area contributed by atoms with Gasteiger partial charge in [-0.3, -0.25) is 4.79 Å². The fourth-order valence-corrected chi connectivity index (χ4v) is 5.22. The van der Waals surface area contributed by atoms with Gasteiger partial charge in [0.05, 0.1) is 12.0 Å². The molecule has 1 saturated heterocycles. The number of hydrogen-bond donors (Lipinski definition) is 6. The van der Waals surface area contributed by atoms with Crippen LogP contribution in [0.5, 0.6) is 28.7 Å². The predicted octanol–water partition coefficient (Wildman–Crippen LogP) is 1.84. The minimum absolute atomic E-state index is 0.00258. The van der Waals surface area contributed by atoms with Gasteiger partial charge in [0.15, 0.2) is 5.78 Å². The van der Waals surface area contributed by atoms with E-state index in [0.717, 1.165) is 0 Å². The van der Waals surface area contributed by atoms with Crippen LogP contribution in [-0.2, 0) is 9.47 Å². The third kappa shape index (κ3) is 4.50. The van der Waals surface area contributed by atoms with Crippen LogP contribution >= 0.6 is 0 Å². The fourth-order valence-electron chi connectivity index (χ4n) is 5.22. The van der Waals surface area contributed by atoms with Crippen molar-refractivity contribution < 1.29 is 59.2 Å². The molecule has 9 bridgehead atoms. The monoisotopic (exact) mass is 566 g/mol. The van der Waals surface area contributed by atoms with Gasteiger partial charge in [0.25, 0.3) is 0 Å². The Kier molecular flexibility index (Phi) is 6.50. The van der Waals surface area contributed by atoms with Crippen molar-refractivity contribution in [2.75, 3.05) is 6.61 Å². The third-order valence-corrected chi connectivity index (χ3v) is 7.59. The van der Waals surface area contributed by atoms with E-state index >= 15 is 0 Å². The number of aromatic hydroxyl groups is 3. The van der Waals surface area contributed by atoms with E-state index in [0.29, 0.717) is 5.56 Å². The van der Waals surface area contributed by atoms with Crippen molar-refractivity contribution in [3.63, 3.8) is 0 Å². The minimum Gasteiger partial charge on any atom is -0.507 e. The molecule has 3 aromatic carbocycles. The molecule has 0 spiro atoms. The highest BCUT2D eigenvalue weighted by atomic mass is 16.7. The van der Waals surface area contributed by atoms with Crippen molar-refractivity contribution in [2.24, 2.45) is 0 Å². The SMILES string of the molecule is Cc1c2cc3c(c1O)C(=O)CC(O3)c1ccc(O)c(c1)-c1cc(ccc1O)C(=O)OCC1OC(O2)C(O)C(O)C1O. The van der Waals surface area contributed by atoms with Crippen molar-refractivity contribution in [3.05, 3.63) is 64.7 Å². The Morgan fingerprint density at radius 2 is 1.51 bits per heavy atom. The van der Waals surface area contributed by atoms with Crippen LogP contribution in [0.1, 0.15) is 44.4 Å². The summed E-state index contributed by atoms with van der Waals surface area (Å²) in [5.74, 6) is -2.20. The summed E-state index contributed by atoms with van der Waals surface area (Å²) in [7, 11) is 0. The highest BCUT2D eigenvalue weighted by molar-refractivity contribution is 6.03. The highest BCUT2D eigenvalue weighted by Crippen LogP contribution is 2.46. The maximum Gasteiger partial charge on any atom is 0.338 e. The molecule has 1 fully saturated rings. The topological polar surface area (TPSA) is 192 Å². The van der Waals surface area contributed by atoms with Crippen LogP contribution in [0.15, 0.2) is 42.5 Å². The van der Waals surface area contributed by atoms with Gasteiger partial charge >= 0.3 is 5.97 Å². The summed E-state index contributed by atoms with van der Waals surface area (Å²) < 4.78 is 22.9. The number of ketones is 1. The number of aliphatic hydroxyl groups excluding tert-OH is 3. The summed E-state index contributed by atoms with van der Waals surface area (Å²) in [4.78, 5) is 26.1. The number of cyclic esters (lactones) is 1. The first-order chi connectivity index (χ1) is 19.5. The van der Waals surface area contributed by atoms with Gasteiger partial charge in [0.1, 0.15) is 71.4 Å². The van der Waals surface area contributed by atoms with Crippen LogP contribution in [0.25, 0.3) is 11.1 Å². The molecule has 0 radical (unpaired) electrons. The Labute approximate surface area is 232 Å². The first-order valence-corrected chi connectivity index (χ1v) is 12.8. The Balaban J connectivity index is 1.51. The molecule has 0 saturated carbocycles. The number of ether oxygens (including phenoxy) is 4. The zero-order chi connectivity index (χ0) is 29.2. The van der Waals surface area contributed by atoms with Gasteiger partial charge in [-0.25, -0.2) is 4.79 Å². The molecule has 3 aliphatic heterocycles. The normalized spacial score (nSPS) is 27.2. The predicted molar refractivity (Wildman–Crippen MR) is 138 cm³/mol. The van der Waals surface area contributed by atoms with Crippen LogP contribution in [0.3, 0.4) is 0 Å². The number of benzene rings is 3. The number of Topliss-reactive ketones (excluding diaryl/α,β-unsaturated/α-hetero) is 1. The van der Waals surface area contributed by atoms with Crippen LogP contribution in [-0.4, -0.2) is 79.7 Å². The van der Waals surface area contributed by atoms with E-state index in [1.807, 2.05) is 0 Å². The van der Waals surface area contributed by atoms with Gasteiger partial charge in [-0.05, 0) is 42.8 Å². The number of fused-ring (bicyclic) bond motifs is 10. The molecule has 41 heavy (non-hydrogen) atoms. The van der Waals surface area contributed by atoms with Crippen molar-refractivity contribution in [3.8, 4) is 39.9 Å². The van der Waals surface area contributed by atoms with E-state index in [9.17, 15) is 40.2 Å². The molecular weight excluding hydrogens is 540 g/mol. The van der Waals surface area contributed by atoms with Gasteiger partial charge < -0.3 is 49.6 Å². The van der Waals surface area contributed by atoms with E-state index in [4.69, 9.17) is 18.9 Å². The van der Waals surface area contributed by atoms with Crippen LogP contribution in [0.4, 0.5) is 0 Å². The Morgan fingerprint density at radius 1 is 0.805 bits per heavy atom. The first kappa shape index (κ1) is 26.8. The molecule has 6 unspecified atom stereocenters. The molecule has 12 nitrogen and oxygen atoms in total. The molecule has 0 aliphatic carbocycles. The zero-order valence-electron chi connectivity index (χ0n) is 21.6. The fraction of sp³-hybridized carbons (Fsp3) is 0.310. The molecule has 6 atom stereocenters. The second kappa shape index (κ2) is 9.93. The third-order valence-electron chi connectivity index (χ3n) is 7.59. The number of phenolic OH excluding ortho intramolecular Hbond substituents is 3. The standard InChI is InChI=1S/C29H26O12/c1-11-19-9-21-23(24(11)33)18(32)8-20(39-21)12-2-4-16(30)14(6-12)15-7-13(3-5-17(15)31)28(37)38-10-22-25(34)26(35)27(36)29(40-19)41-22/h2-7,9,20,22,25-27,29-31,33-36H,8,10H2,1H3. The molecular formula is C29H26O12. The largest absolute Gasteiger partial charge is 0.507 e. The molecule has 6 rings (SSSR count). The minimum atomic E-state index is -1.75. The molecule has 3 aliphatic rings. The van der Waals surface area contributed by atoms with Crippen LogP contribution < -0.4 is 9.47 Å². The molecule has 3 aromatic rings.